The summed E-state index contributed by atoms with van der Waals surface area (Å²) in [6.45, 7) is -4.64. The first-order valence-electron chi connectivity index (χ1n) is 16.1. The molecule has 3 nitrogen and oxygen atoms in total. The van der Waals surface area contributed by atoms with Crippen LogP contribution in [0.1, 0.15) is 0 Å². The summed E-state index contributed by atoms with van der Waals surface area (Å²) in [7, 11) is -1.67. The van der Waals surface area contributed by atoms with Crippen LogP contribution in [0.5, 0.6) is 17.2 Å². The van der Waals surface area contributed by atoms with Gasteiger partial charge in [0.05, 0.1) is 0 Å². The third kappa shape index (κ3) is 6.02. The van der Waals surface area contributed by atoms with E-state index in [9.17, 15) is 8.78 Å². The number of benzene rings is 7. The van der Waals surface area contributed by atoms with Gasteiger partial charge in [0.2, 0.25) is 0 Å². The van der Waals surface area contributed by atoms with Crippen LogP contribution in [0.15, 0.2) is 182 Å². The Balaban J connectivity index is 1.59. The van der Waals surface area contributed by atoms with Crippen molar-refractivity contribution in [2.24, 2.45) is 0 Å². The average Bonchev–Trinajstić information content (AvgIpc) is 3.14. The molecule has 0 saturated heterocycles. The van der Waals surface area contributed by atoms with E-state index in [2.05, 4.69) is 0 Å². The Morgan fingerprint density at radius 1 is 0.373 bits per heavy atom. The van der Waals surface area contributed by atoms with E-state index in [1.54, 1.807) is 12.1 Å². The van der Waals surface area contributed by atoms with Crippen molar-refractivity contribution in [3.05, 3.63) is 205 Å². The van der Waals surface area contributed by atoms with Crippen LogP contribution in [0.4, 0.5) is 17.6 Å². The van der Waals surface area contributed by atoms with Gasteiger partial charge in [-0.2, -0.15) is 0 Å². The Kier molecular flexibility index (Phi) is 9.35. The van der Waals surface area contributed by atoms with Gasteiger partial charge in [-0.3, -0.25) is 0 Å². The SMILES string of the molecule is Fc1cccc(OB(Oc2cccc(F)c2)Oc2cccc(F)c2P(c2ccccc2)(c2ccccc2)(c2ccccc2)c2cccc(F)c2)c1. The third-order valence-electron chi connectivity index (χ3n) is 8.82. The molecule has 0 aromatic heterocycles. The Morgan fingerprint density at radius 2 is 0.784 bits per heavy atom. The minimum absolute atomic E-state index is 0.00583. The second kappa shape index (κ2) is 14.2. The summed E-state index contributed by atoms with van der Waals surface area (Å²) in [5.41, 5.74) is 0. The fraction of sp³-hybridized carbons (Fsp3) is 0. The predicted molar refractivity (Wildman–Crippen MR) is 198 cm³/mol. The molecular weight excluding hydrogens is 670 g/mol. The molecular formula is C42H30BF4O3P. The molecule has 0 N–H and O–H groups in total. The molecule has 0 aliphatic heterocycles. The molecule has 7 rings (SSSR count). The second-order valence-corrected chi connectivity index (χ2v) is 16.5. The number of hydrogen-bond donors (Lipinski definition) is 0. The van der Waals surface area contributed by atoms with Crippen LogP contribution in [0.2, 0.25) is 0 Å². The summed E-state index contributed by atoms with van der Waals surface area (Å²) in [4.78, 5) is 0. The fourth-order valence-electron chi connectivity index (χ4n) is 6.85. The van der Waals surface area contributed by atoms with E-state index >= 15 is 8.78 Å². The Bertz CT molecular complexity index is 2130. The van der Waals surface area contributed by atoms with E-state index in [0.29, 0.717) is 21.2 Å². The molecule has 0 radical (unpaired) electrons. The summed E-state index contributed by atoms with van der Waals surface area (Å²) in [6, 6.07) is 49.7. The first kappa shape index (κ1) is 33.6. The van der Waals surface area contributed by atoms with E-state index in [4.69, 9.17) is 14.0 Å². The third-order valence-corrected chi connectivity index (χ3v) is 15.5. The van der Waals surface area contributed by atoms with E-state index in [1.807, 2.05) is 97.1 Å². The van der Waals surface area contributed by atoms with E-state index in [0.717, 1.165) is 12.1 Å². The number of halogens is 4. The summed E-state index contributed by atoms with van der Waals surface area (Å²) < 4.78 is 80.6. The number of rotatable bonds is 11. The second-order valence-electron chi connectivity index (χ2n) is 11.7. The zero-order chi connectivity index (χ0) is 35.3. The van der Waals surface area contributed by atoms with E-state index in [-0.39, 0.29) is 22.6 Å². The van der Waals surface area contributed by atoms with Gasteiger partial charge in [-0.25, -0.2) is 0 Å². The van der Waals surface area contributed by atoms with Gasteiger partial charge in [0.1, 0.15) is 0 Å². The first-order valence-corrected chi connectivity index (χ1v) is 18.4. The summed E-state index contributed by atoms with van der Waals surface area (Å²) in [5, 5.41) is 2.74. The van der Waals surface area contributed by atoms with Crippen LogP contribution in [-0.2, 0) is 0 Å². The van der Waals surface area contributed by atoms with Gasteiger partial charge in [0, 0.05) is 0 Å². The molecule has 0 spiro atoms. The van der Waals surface area contributed by atoms with Gasteiger partial charge >= 0.3 is 294 Å². The van der Waals surface area contributed by atoms with Gasteiger partial charge in [-0.15, -0.1) is 0 Å². The van der Waals surface area contributed by atoms with Crippen LogP contribution in [0, 0.1) is 23.3 Å². The molecule has 0 bridgehead atoms. The van der Waals surface area contributed by atoms with Gasteiger partial charge in [-0.05, 0) is 0 Å². The molecule has 51 heavy (non-hydrogen) atoms. The maximum absolute atomic E-state index is 17.5. The van der Waals surface area contributed by atoms with Crippen molar-refractivity contribution in [3.63, 3.8) is 0 Å². The average molecular weight is 700 g/mol. The van der Waals surface area contributed by atoms with Crippen molar-refractivity contribution in [3.8, 4) is 17.2 Å². The minimum atomic E-state index is -4.64. The Morgan fingerprint density at radius 3 is 1.24 bits per heavy atom. The van der Waals surface area contributed by atoms with Gasteiger partial charge in [-0.1, -0.05) is 0 Å². The first-order chi connectivity index (χ1) is 24.9. The zero-order valence-electron chi connectivity index (χ0n) is 27.1. The van der Waals surface area contributed by atoms with Crippen LogP contribution in [0.3, 0.4) is 0 Å². The monoisotopic (exact) mass is 700 g/mol. The Labute approximate surface area is 293 Å². The van der Waals surface area contributed by atoms with Crippen molar-refractivity contribution in [2.45, 2.75) is 0 Å². The Hall–Kier alpha value is -5.85. The quantitative estimate of drug-likeness (QED) is 0.0774. The van der Waals surface area contributed by atoms with Gasteiger partial charge < -0.3 is 0 Å². The van der Waals surface area contributed by atoms with Crippen LogP contribution < -0.4 is 40.5 Å². The molecule has 0 aliphatic carbocycles. The fourth-order valence-corrected chi connectivity index (χ4v) is 13.8. The van der Waals surface area contributed by atoms with Crippen molar-refractivity contribution in [1.82, 2.24) is 0 Å². The molecule has 0 saturated carbocycles. The van der Waals surface area contributed by atoms with Crippen LogP contribution in [-0.4, -0.2) is 7.32 Å². The van der Waals surface area contributed by atoms with Crippen molar-refractivity contribution in [2.75, 3.05) is 0 Å². The maximum atomic E-state index is 17.5. The van der Waals surface area contributed by atoms with E-state index < -0.39 is 37.2 Å². The molecule has 252 valence electrons. The summed E-state index contributed by atoms with van der Waals surface area (Å²) in [6.07, 6.45) is 0. The molecule has 0 aliphatic rings. The van der Waals surface area contributed by atoms with Gasteiger partial charge in [0.25, 0.3) is 0 Å². The topological polar surface area (TPSA) is 27.7 Å². The summed E-state index contributed by atoms with van der Waals surface area (Å²) in [5.74, 6) is -2.19. The predicted octanol–water partition coefficient (Wildman–Crippen LogP) is 8.25. The molecule has 0 atom stereocenters. The van der Waals surface area contributed by atoms with Crippen LogP contribution >= 0.6 is 6.60 Å². The number of hydrogen-bond acceptors (Lipinski definition) is 3. The van der Waals surface area contributed by atoms with E-state index in [1.165, 1.54) is 60.7 Å². The van der Waals surface area contributed by atoms with Crippen LogP contribution in [0.25, 0.3) is 0 Å². The van der Waals surface area contributed by atoms with Crippen molar-refractivity contribution >= 4 is 40.4 Å². The van der Waals surface area contributed by atoms with Crippen molar-refractivity contribution < 1.29 is 31.5 Å². The molecule has 0 heterocycles. The molecule has 0 fully saturated rings. The molecule has 0 unspecified atom stereocenters. The molecule has 0 amide bonds. The van der Waals surface area contributed by atoms with Crippen molar-refractivity contribution in [1.29, 1.82) is 0 Å². The molecule has 9 heteroatoms. The molecule has 7 aromatic carbocycles. The zero-order valence-corrected chi connectivity index (χ0v) is 28.0. The molecule has 7 aromatic rings. The standard InChI is InChI=1S/C42H30BF4O3P/c44-31-14-10-17-34(28-31)48-43(49-35-18-11-15-32(45)29-35)50-41-27-13-26-40(47)42(41)51(36-19-4-1-5-20-36,37-21-6-2-7-22-37,38-23-8-3-9-24-38)39-25-12-16-33(46)30-39/h1-30H. The van der Waals surface area contributed by atoms with Gasteiger partial charge in [0.15, 0.2) is 0 Å². The normalized spacial score (nSPS) is 12.0. The summed E-state index contributed by atoms with van der Waals surface area (Å²) >= 11 is 0.